The Kier molecular flexibility index (Phi) is 7.43. The zero-order valence-electron chi connectivity index (χ0n) is 15.4. The fourth-order valence-corrected chi connectivity index (χ4v) is 4.71. The SMILES string of the molecule is Cc1ccc(C2CCCN(CCCC3CCCC3)C2)c(C)c1O.Cl. The maximum atomic E-state index is 10.2. The van der Waals surface area contributed by atoms with Gasteiger partial charge in [-0.2, -0.15) is 0 Å². The Balaban J connectivity index is 0.00000208. The lowest BCUT2D eigenvalue weighted by Crippen LogP contribution is -2.35. The lowest BCUT2D eigenvalue weighted by Gasteiger charge is -2.34. The number of nitrogens with zero attached hydrogens (tertiary/aromatic N) is 1. The van der Waals surface area contributed by atoms with Crippen LogP contribution in [-0.2, 0) is 0 Å². The molecule has 0 amide bonds. The van der Waals surface area contributed by atoms with Gasteiger partial charge in [-0.3, -0.25) is 0 Å². The third-order valence-electron chi connectivity index (χ3n) is 6.18. The maximum Gasteiger partial charge on any atom is 0.121 e. The molecule has 0 radical (unpaired) electrons. The summed E-state index contributed by atoms with van der Waals surface area (Å²) >= 11 is 0. The summed E-state index contributed by atoms with van der Waals surface area (Å²) in [5.41, 5.74) is 3.46. The first-order valence-corrected chi connectivity index (χ1v) is 9.66. The summed E-state index contributed by atoms with van der Waals surface area (Å²) in [5, 5.41) is 10.2. The molecule has 2 nitrogen and oxygen atoms in total. The monoisotopic (exact) mass is 351 g/mol. The van der Waals surface area contributed by atoms with Crippen LogP contribution < -0.4 is 0 Å². The van der Waals surface area contributed by atoms with Crippen LogP contribution in [0.2, 0.25) is 0 Å². The average Bonchev–Trinajstić information content (AvgIpc) is 3.06. The van der Waals surface area contributed by atoms with Crippen LogP contribution >= 0.6 is 12.4 Å². The molecule has 1 N–H and O–H groups in total. The Morgan fingerprint density at radius 3 is 2.58 bits per heavy atom. The number of aromatic hydroxyl groups is 1. The normalized spacial score (nSPS) is 22.5. The van der Waals surface area contributed by atoms with Crippen molar-refractivity contribution in [1.29, 1.82) is 0 Å². The number of hydrogen-bond donors (Lipinski definition) is 1. The van der Waals surface area contributed by atoms with Crippen LogP contribution in [0.15, 0.2) is 12.1 Å². The van der Waals surface area contributed by atoms with Crippen molar-refractivity contribution >= 4 is 12.4 Å². The molecule has 1 unspecified atom stereocenters. The molecular formula is C21H34ClNO. The second-order valence-electron chi connectivity index (χ2n) is 7.88. The largest absolute Gasteiger partial charge is 0.507 e. The second kappa shape index (κ2) is 9.10. The molecule has 1 aliphatic heterocycles. The van der Waals surface area contributed by atoms with Gasteiger partial charge in [-0.1, -0.05) is 37.8 Å². The molecule has 0 aromatic heterocycles. The summed E-state index contributed by atoms with van der Waals surface area (Å²) < 4.78 is 0. The number of aryl methyl sites for hydroxylation is 1. The van der Waals surface area contributed by atoms with Crippen LogP contribution in [0.1, 0.15) is 74.0 Å². The quantitative estimate of drug-likeness (QED) is 0.748. The third kappa shape index (κ3) is 4.67. The minimum absolute atomic E-state index is 0. The van der Waals surface area contributed by atoms with Crippen molar-refractivity contribution in [3.8, 4) is 5.75 Å². The van der Waals surface area contributed by atoms with Gasteiger partial charge in [0.15, 0.2) is 0 Å². The van der Waals surface area contributed by atoms with Gasteiger partial charge in [0.1, 0.15) is 5.75 Å². The van der Waals surface area contributed by atoms with E-state index in [4.69, 9.17) is 0 Å². The van der Waals surface area contributed by atoms with E-state index in [2.05, 4.69) is 24.0 Å². The van der Waals surface area contributed by atoms with Crippen molar-refractivity contribution in [1.82, 2.24) is 4.90 Å². The number of likely N-dealkylation sites (tertiary alicyclic amines) is 1. The second-order valence-corrected chi connectivity index (χ2v) is 7.88. The van der Waals surface area contributed by atoms with Crippen LogP contribution in [0, 0.1) is 19.8 Å². The van der Waals surface area contributed by atoms with Crippen molar-refractivity contribution in [2.24, 2.45) is 5.92 Å². The number of halogens is 1. The summed E-state index contributed by atoms with van der Waals surface area (Å²) in [4.78, 5) is 2.67. The Hall–Kier alpha value is -0.730. The molecule has 1 aromatic rings. The van der Waals surface area contributed by atoms with Crippen molar-refractivity contribution in [3.05, 3.63) is 28.8 Å². The molecule has 1 aliphatic carbocycles. The molecule has 2 fully saturated rings. The lowest BCUT2D eigenvalue weighted by atomic mass is 9.86. The molecule has 1 saturated heterocycles. The first-order valence-electron chi connectivity index (χ1n) is 9.66. The molecule has 1 heterocycles. The van der Waals surface area contributed by atoms with Gasteiger partial charge in [0.25, 0.3) is 0 Å². The first kappa shape index (κ1) is 19.6. The van der Waals surface area contributed by atoms with Gasteiger partial charge in [0.05, 0.1) is 0 Å². The van der Waals surface area contributed by atoms with Gasteiger partial charge in [0, 0.05) is 6.54 Å². The van der Waals surface area contributed by atoms with E-state index in [1.807, 2.05) is 6.92 Å². The first-order chi connectivity index (χ1) is 11.1. The molecule has 0 bridgehead atoms. The van der Waals surface area contributed by atoms with E-state index < -0.39 is 0 Å². The molecular weight excluding hydrogens is 318 g/mol. The van der Waals surface area contributed by atoms with Gasteiger partial charge in [-0.25, -0.2) is 0 Å². The minimum atomic E-state index is 0. The summed E-state index contributed by atoms with van der Waals surface area (Å²) in [6.07, 6.45) is 11.2. The van der Waals surface area contributed by atoms with Crippen LogP contribution in [0.5, 0.6) is 5.75 Å². The molecule has 3 heteroatoms. The van der Waals surface area contributed by atoms with E-state index in [0.717, 1.165) is 17.0 Å². The summed E-state index contributed by atoms with van der Waals surface area (Å²) in [5.74, 6) is 2.12. The Bertz CT molecular complexity index is 525. The zero-order chi connectivity index (χ0) is 16.2. The van der Waals surface area contributed by atoms with Crippen molar-refractivity contribution in [3.63, 3.8) is 0 Å². The Labute approximate surface area is 154 Å². The third-order valence-corrected chi connectivity index (χ3v) is 6.18. The highest BCUT2D eigenvalue weighted by Gasteiger charge is 2.24. The fraction of sp³-hybridized carbons (Fsp3) is 0.714. The van der Waals surface area contributed by atoms with Gasteiger partial charge >= 0.3 is 0 Å². The summed E-state index contributed by atoms with van der Waals surface area (Å²) in [7, 11) is 0. The Morgan fingerprint density at radius 2 is 1.83 bits per heavy atom. The topological polar surface area (TPSA) is 23.5 Å². The molecule has 24 heavy (non-hydrogen) atoms. The highest BCUT2D eigenvalue weighted by Crippen LogP contribution is 2.34. The van der Waals surface area contributed by atoms with Crippen LogP contribution in [-0.4, -0.2) is 29.6 Å². The average molecular weight is 352 g/mol. The van der Waals surface area contributed by atoms with E-state index in [1.54, 1.807) is 0 Å². The van der Waals surface area contributed by atoms with Gasteiger partial charge in [-0.05, 0) is 81.1 Å². The summed E-state index contributed by atoms with van der Waals surface area (Å²) in [6, 6.07) is 4.33. The van der Waals surface area contributed by atoms with Gasteiger partial charge in [-0.15, -0.1) is 12.4 Å². The minimum Gasteiger partial charge on any atom is -0.507 e. The number of rotatable bonds is 5. The van der Waals surface area contributed by atoms with Crippen LogP contribution in [0.3, 0.4) is 0 Å². The standard InChI is InChI=1S/C21H33NO.ClH/c1-16-11-12-20(17(2)21(16)23)19-10-6-14-22(15-19)13-5-9-18-7-3-4-8-18;/h11-12,18-19,23H,3-10,13-15H2,1-2H3;1H. The highest BCUT2D eigenvalue weighted by molar-refractivity contribution is 5.85. The zero-order valence-corrected chi connectivity index (χ0v) is 16.2. The molecule has 0 spiro atoms. The molecule has 2 aliphatic rings. The number of piperidine rings is 1. The fourth-order valence-electron chi connectivity index (χ4n) is 4.71. The molecule has 3 rings (SSSR count). The van der Waals surface area contributed by atoms with Crippen LogP contribution in [0.25, 0.3) is 0 Å². The van der Waals surface area contributed by atoms with Crippen molar-refractivity contribution in [2.45, 2.75) is 71.1 Å². The smallest absolute Gasteiger partial charge is 0.121 e. The number of phenolic OH excluding ortho intramolecular Hbond substituents is 1. The van der Waals surface area contributed by atoms with Gasteiger partial charge in [0.2, 0.25) is 0 Å². The van der Waals surface area contributed by atoms with Gasteiger partial charge < -0.3 is 10.0 Å². The predicted octanol–water partition coefficient (Wildman–Crippen LogP) is 5.58. The van der Waals surface area contributed by atoms with Crippen molar-refractivity contribution in [2.75, 3.05) is 19.6 Å². The number of hydrogen-bond acceptors (Lipinski definition) is 2. The van der Waals surface area contributed by atoms with E-state index in [0.29, 0.717) is 11.7 Å². The molecule has 1 atom stereocenters. The van der Waals surface area contributed by atoms with E-state index in [9.17, 15) is 5.11 Å². The highest BCUT2D eigenvalue weighted by atomic mass is 35.5. The van der Waals surface area contributed by atoms with E-state index in [1.165, 1.54) is 76.6 Å². The maximum absolute atomic E-state index is 10.2. The number of benzene rings is 1. The van der Waals surface area contributed by atoms with Crippen molar-refractivity contribution < 1.29 is 5.11 Å². The Morgan fingerprint density at radius 1 is 1.08 bits per heavy atom. The van der Waals surface area contributed by atoms with E-state index >= 15 is 0 Å². The van der Waals surface area contributed by atoms with E-state index in [-0.39, 0.29) is 12.4 Å². The predicted molar refractivity (Wildman–Crippen MR) is 104 cm³/mol. The molecule has 136 valence electrons. The van der Waals surface area contributed by atoms with Crippen LogP contribution in [0.4, 0.5) is 0 Å². The number of phenols is 1. The molecule has 1 aromatic carbocycles. The lowest BCUT2D eigenvalue weighted by molar-refractivity contribution is 0.200. The molecule has 1 saturated carbocycles. The summed E-state index contributed by atoms with van der Waals surface area (Å²) in [6.45, 7) is 7.77.